The Hall–Kier alpha value is -3.26. The van der Waals surface area contributed by atoms with E-state index in [9.17, 15) is 9.59 Å². The van der Waals surface area contributed by atoms with Gasteiger partial charge in [0.1, 0.15) is 23.8 Å². The summed E-state index contributed by atoms with van der Waals surface area (Å²) in [5.41, 5.74) is 1.06. The number of amides is 1. The van der Waals surface area contributed by atoms with Crippen LogP contribution in [0.25, 0.3) is 0 Å². The number of hydrogen-bond acceptors (Lipinski definition) is 6. The molecule has 3 aromatic rings. The van der Waals surface area contributed by atoms with Gasteiger partial charge >= 0.3 is 5.97 Å². The normalized spacial score (nSPS) is 10.7. The van der Waals surface area contributed by atoms with Crippen molar-refractivity contribution in [3.8, 4) is 5.75 Å². The van der Waals surface area contributed by atoms with Gasteiger partial charge in [0.15, 0.2) is 5.76 Å². The second-order valence-corrected chi connectivity index (χ2v) is 6.92. The molecule has 0 radical (unpaired) electrons. The molecule has 0 aliphatic heterocycles. The first-order chi connectivity index (χ1) is 14.4. The minimum absolute atomic E-state index is 0.140. The van der Waals surface area contributed by atoms with Gasteiger partial charge in [0.25, 0.3) is 5.91 Å². The summed E-state index contributed by atoms with van der Waals surface area (Å²) in [6, 6.07) is 9.83. The molecule has 0 unspecified atom stereocenters. The molecule has 0 saturated heterocycles. The van der Waals surface area contributed by atoms with Crippen LogP contribution in [0.2, 0.25) is 5.02 Å². The van der Waals surface area contributed by atoms with Gasteiger partial charge in [-0.1, -0.05) is 11.6 Å². The maximum absolute atomic E-state index is 12.6. The standard InChI is InChI=1S/C21H22ClN3O5/c1-4-25-11-17(22)18(23-25)12-24(2)20(26)19-10-9-16(30-19)13-29-15-7-5-14(6-8-15)21(27)28-3/h5-11H,4,12-13H2,1-3H3. The number of rotatable bonds is 8. The summed E-state index contributed by atoms with van der Waals surface area (Å²) in [6.45, 7) is 3.07. The number of esters is 1. The van der Waals surface area contributed by atoms with Crippen LogP contribution in [0, 0.1) is 0 Å². The second kappa shape index (κ2) is 9.49. The van der Waals surface area contributed by atoms with E-state index in [1.54, 1.807) is 54.3 Å². The van der Waals surface area contributed by atoms with E-state index in [4.69, 9.17) is 20.8 Å². The third-order valence-corrected chi connectivity index (χ3v) is 4.69. The Balaban J connectivity index is 1.57. The van der Waals surface area contributed by atoms with Crippen molar-refractivity contribution in [3.63, 3.8) is 0 Å². The van der Waals surface area contributed by atoms with Crippen LogP contribution in [0.15, 0.2) is 47.0 Å². The average Bonchev–Trinajstić information content (AvgIpc) is 3.38. The number of aromatic nitrogens is 2. The lowest BCUT2D eigenvalue weighted by molar-refractivity contribution is 0.0600. The number of ether oxygens (including phenoxy) is 2. The molecule has 2 aromatic heterocycles. The van der Waals surface area contributed by atoms with Gasteiger partial charge in [-0.2, -0.15) is 5.10 Å². The number of carbonyl (C=O) groups excluding carboxylic acids is 2. The molecule has 2 heterocycles. The van der Waals surface area contributed by atoms with Crippen LogP contribution in [0.3, 0.4) is 0 Å². The van der Waals surface area contributed by atoms with E-state index in [1.165, 1.54) is 12.0 Å². The van der Waals surface area contributed by atoms with Crippen molar-refractivity contribution in [2.24, 2.45) is 0 Å². The maximum Gasteiger partial charge on any atom is 0.337 e. The van der Waals surface area contributed by atoms with Gasteiger partial charge < -0.3 is 18.8 Å². The maximum atomic E-state index is 12.6. The van der Waals surface area contributed by atoms with Crippen molar-refractivity contribution >= 4 is 23.5 Å². The Morgan fingerprint density at radius 1 is 1.20 bits per heavy atom. The smallest absolute Gasteiger partial charge is 0.337 e. The number of halogens is 1. The Morgan fingerprint density at radius 2 is 1.93 bits per heavy atom. The largest absolute Gasteiger partial charge is 0.486 e. The quantitative estimate of drug-likeness (QED) is 0.504. The molecule has 1 aromatic carbocycles. The highest BCUT2D eigenvalue weighted by atomic mass is 35.5. The molecule has 0 saturated carbocycles. The number of hydrogen-bond donors (Lipinski definition) is 0. The summed E-state index contributed by atoms with van der Waals surface area (Å²) < 4.78 is 17.6. The highest BCUT2D eigenvalue weighted by Crippen LogP contribution is 2.19. The van der Waals surface area contributed by atoms with Crippen molar-refractivity contribution in [2.75, 3.05) is 14.2 Å². The third kappa shape index (κ3) is 5.01. The summed E-state index contributed by atoms with van der Waals surface area (Å²) in [4.78, 5) is 25.6. The number of furan rings is 1. The van der Waals surface area contributed by atoms with E-state index in [0.29, 0.717) is 34.3 Å². The van der Waals surface area contributed by atoms with Gasteiger partial charge in [-0.05, 0) is 43.3 Å². The molecule has 0 fully saturated rings. The summed E-state index contributed by atoms with van der Waals surface area (Å²) in [5, 5.41) is 4.86. The average molecular weight is 432 g/mol. The molecule has 0 aliphatic carbocycles. The summed E-state index contributed by atoms with van der Waals surface area (Å²) in [7, 11) is 2.98. The molecule has 0 aliphatic rings. The minimum Gasteiger partial charge on any atom is -0.486 e. The number of carbonyl (C=O) groups is 2. The van der Waals surface area contributed by atoms with E-state index in [0.717, 1.165) is 0 Å². The molecule has 30 heavy (non-hydrogen) atoms. The number of benzene rings is 1. The van der Waals surface area contributed by atoms with Gasteiger partial charge in [-0.25, -0.2) is 4.79 Å². The van der Waals surface area contributed by atoms with Crippen LogP contribution < -0.4 is 4.74 Å². The van der Waals surface area contributed by atoms with Gasteiger partial charge in [0.2, 0.25) is 0 Å². The van der Waals surface area contributed by atoms with Crippen LogP contribution in [-0.4, -0.2) is 40.7 Å². The molecule has 0 atom stereocenters. The summed E-state index contributed by atoms with van der Waals surface area (Å²) in [5.74, 6) is 0.555. The van der Waals surface area contributed by atoms with E-state index in [-0.39, 0.29) is 24.8 Å². The van der Waals surface area contributed by atoms with Crippen LogP contribution in [0.4, 0.5) is 0 Å². The summed E-state index contributed by atoms with van der Waals surface area (Å²) >= 11 is 6.17. The zero-order chi connectivity index (χ0) is 21.7. The molecule has 158 valence electrons. The van der Waals surface area contributed by atoms with Crippen molar-refractivity contribution in [1.82, 2.24) is 14.7 Å². The zero-order valence-electron chi connectivity index (χ0n) is 16.9. The zero-order valence-corrected chi connectivity index (χ0v) is 17.7. The molecule has 0 bridgehead atoms. The monoisotopic (exact) mass is 431 g/mol. The predicted molar refractivity (Wildman–Crippen MR) is 110 cm³/mol. The minimum atomic E-state index is -0.414. The van der Waals surface area contributed by atoms with E-state index < -0.39 is 5.97 Å². The van der Waals surface area contributed by atoms with Crippen LogP contribution >= 0.6 is 11.6 Å². The van der Waals surface area contributed by atoms with Gasteiger partial charge in [0, 0.05) is 19.8 Å². The molecule has 1 amide bonds. The lowest BCUT2D eigenvalue weighted by atomic mass is 10.2. The van der Waals surface area contributed by atoms with Gasteiger partial charge in [0.05, 0.1) is 24.2 Å². The molecule has 3 rings (SSSR count). The van der Waals surface area contributed by atoms with Crippen LogP contribution in [-0.2, 0) is 24.4 Å². The highest BCUT2D eigenvalue weighted by Gasteiger charge is 2.19. The van der Waals surface area contributed by atoms with Crippen LogP contribution in [0.5, 0.6) is 5.75 Å². The molecule has 8 nitrogen and oxygen atoms in total. The fourth-order valence-corrected chi connectivity index (χ4v) is 2.93. The fourth-order valence-electron chi connectivity index (χ4n) is 2.72. The summed E-state index contributed by atoms with van der Waals surface area (Å²) in [6.07, 6.45) is 1.73. The van der Waals surface area contributed by atoms with E-state index in [1.807, 2.05) is 6.92 Å². The molecular formula is C21H22ClN3O5. The van der Waals surface area contributed by atoms with Gasteiger partial charge in [-0.15, -0.1) is 0 Å². The first kappa shape index (κ1) is 21.4. The first-order valence-corrected chi connectivity index (χ1v) is 9.66. The Bertz CT molecular complexity index is 1030. The third-order valence-electron chi connectivity index (χ3n) is 4.37. The van der Waals surface area contributed by atoms with Crippen molar-refractivity contribution in [1.29, 1.82) is 0 Å². The lowest BCUT2D eigenvalue weighted by Gasteiger charge is -2.14. The lowest BCUT2D eigenvalue weighted by Crippen LogP contribution is -2.26. The Morgan fingerprint density at radius 3 is 2.57 bits per heavy atom. The topological polar surface area (TPSA) is 86.8 Å². The highest BCUT2D eigenvalue weighted by molar-refractivity contribution is 6.31. The Kier molecular flexibility index (Phi) is 6.79. The second-order valence-electron chi connectivity index (χ2n) is 6.51. The Labute approximate surface area is 178 Å². The molecule has 0 spiro atoms. The fraction of sp³-hybridized carbons (Fsp3) is 0.286. The molecule has 0 N–H and O–H groups in total. The SMILES string of the molecule is CCn1cc(Cl)c(CN(C)C(=O)c2ccc(COc3ccc(C(=O)OC)cc3)o2)n1. The van der Waals surface area contributed by atoms with E-state index >= 15 is 0 Å². The predicted octanol–water partition coefficient (Wildman–Crippen LogP) is 3.79. The van der Waals surface area contributed by atoms with Crippen LogP contribution in [0.1, 0.15) is 39.3 Å². The van der Waals surface area contributed by atoms with E-state index in [2.05, 4.69) is 9.84 Å². The molecule has 9 heteroatoms. The van der Waals surface area contributed by atoms with Crippen molar-refractivity contribution in [2.45, 2.75) is 26.6 Å². The van der Waals surface area contributed by atoms with Gasteiger partial charge in [-0.3, -0.25) is 9.48 Å². The number of methoxy groups -OCH3 is 1. The first-order valence-electron chi connectivity index (χ1n) is 9.28. The molecular weight excluding hydrogens is 410 g/mol. The number of aryl methyl sites for hydroxylation is 1. The van der Waals surface area contributed by atoms with Crippen molar-refractivity contribution in [3.05, 3.63) is 70.4 Å². The van der Waals surface area contributed by atoms with Crippen molar-refractivity contribution < 1.29 is 23.5 Å². The number of nitrogens with zero attached hydrogens (tertiary/aromatic N) is 3.